The number of hydrogen-bond acceptors (Lipinski definition) is 8. The highest BCUT2D eigenvalue weighted by atomic mass is 32.1. The van der Waals surface area contributed by atoms with E-state index in [-0.39, 0.29) is 18.1 Å². The number of carbonyl (C=O) groups is 1. The molecule has 176 valence electrons. The monoisotopic (exact) mass is 481 g/mol. The molecule has 2 aromatic carbocycles. The van der Waals surface area contributed by atoms with Crippen LogP contribution in [0.15, 0.2) is 52.6 Å². The van der Waals surface area contributed by atoms with Gasteiger partial charge in [0.15, 0.2) is 16.5 Å². The van der Waals surface area contributed by atoms with Crippen molar-refractivity contribution in [3.05, 3.63) is 75.1 Å². The normalized spacial score (nSPS) is 10.7. The van der Waals surface area contributed by atoms with E-state index in [1.807, 2.05) is 12.3 Å². The van der Waals surface area contributed by atoms with Gasteiger partial charge in [0.2, 0.25) is 5.75 Å². The summed E-state index contributed by atoms with van der Waals surface area (Å²) in [6.45, 7) is 1.93. The topological polar surface area (TPSA) is 100 Å². The van der Waals surface area contributed by atoms with Gasteiger partial charge in [0, 0.05) is 22.7 Å². The predicted octanol–water partition coefficient (Wildman–Crippen LogP) is 3.92. The Hall–Kier alpha value is -4.05. The smallest absolute Gasteiger partial charge is 0.259 e. The molecule has 9 nitrogen and oxygen atoms in total. The molecule has 0 aliphatic carbocycles. The molecule has 0 fully saturated rings. The van der Waals surface area contributed by atoms with Gasteiger partial charge in [0.25, 0.3) is 11.5 Å². The Labute approximate surface area is 199 Å². The van der Waals surface area contributed by atoms with Crippen molar-refractivity contribution in [1.29, 1.82) is 0 Å². The van der Waals surface area contributed by atoms with E-state index >= 15 is 0 Å². The van der Waals surface area contributed by atoms with Gasteiger partial charge < -0.3 is 24.3 Å². The molecule has 0 spiro atoms. The fourth-order valence-corrected chi connectivity index (χ4v) is 4.32. The first kappa shape index (κ1) is 23.1. The maximum Gasteiger partial charge on any atom is 0.259 e. The summed E-state index contributed by atoms with van der Waals surface area (Å²) in [7, 11) is 4.46. The second kappa shape index (κ2) is 9.84. The van der Waals surface area contributed by atoms with E-state index in [4.69, 9.17) is 18.9 Å². The van der Waals surface area contributed by atoms with Gasteiger partial charge in [-0.2, -0.15) is 0 Å². The van der Waals surface area contributed by atoms with Crippen molar-refractivity contribution in [2.45, 2.75) is 13.5 Å². The third-order valence-corrected chi connectivity index (χ3v) is 6.01. The van der Waals surface area contributed by atoms with Crippen LogP contribution in [0.4, 0.5) is 5.69 Å². The number of amides is 1. The molecule has 0 saturated heterocycles. The first-order valence-corrected chi connectivity index (χ1v) is 11.1. The van der Waals surface area contributed by atoms with Crippen molar-refractivity contribution in [1.82, 2.24) is 9.38 Å². The van der Waals surface area contributed by atoms with Gasteiger partial charge in [-0.25, -0.2) is 4.98 Å². The molecule has 2 heterocycles. The van der Waals surface area contributed by atoms with Crippen LogP contribution in [0.25, 0.3) is 4.96 Å². The summed E-state index contributed by atoms with van der Waals surface area (Å²) >= 11 is 1.39. The molecule has 0 radical (unpaired) electrons. The second-order valence-electron chi connectivity index (χ2n) is 7.23. The van der Waals surface area contributed by atoms with Crippen molar-refractivity contribution in [2.24, 2.45) is 0 Å². The van der Waals surface area contributed by atoms with Crippen LogP contribution in [0, 0.1) is 6.92 Å². The van der Waals surface area contributed by atoms with Gasteiger partial charge in [0.05, 0.1) is 32.7 Å². The number of rotatable bonds is 8. The molecule has 1 N–H and O–H groups in total. The molecule has 10 heteroatoms. The third-order valence-electron chi connectivity index (χ3n) is 5.07. The molecule has 4 aromatic rings. The standard InChI is InChI=1S/C24H23N3O6S/c1-14-13-34-24-25-16(11-21(28)27(14)24)12-33-18-8-6-5-7-17(18)26-23(29)15-9-19(30-2)22(32-4)20(10-15)31-3/h5-11,13H,12H2,1-4H3,(H,26,29). The van der Waals surface area contributed by atoms with Crippen molar-refractivity contribution in [3.8, 4) is 23.0 Å². The van der Waals surface area contributed by atoms with E-state index < -0.39 is 0 Å². The number of anilines is 1. The van der Waals surface area contributed by atoms with Crippen molar-refractivity contribution < 1.29 is 23.7 Å². The van der Waals surface area contributed by atoms with Crippen LogP contribution in [0.5, 0.6) is 23.0 Å². The van der Waals surface area contributed by atoms with Gasteiger partial charge >= 0.3 is 0 Å². The number of carbonyl (C=O) groups excluding carboxylic acids is 1. The van der Waals surface area contributed by atoms with Gasteiger partial charge in [-0.15, -0.1) is 11.3 Å². The SMILES string of the molecule is COc1cc(C(=O)Nc2ccccc2OCc2cc(=O)n3c(C)csc3n2)cc(OC)c1OC. The summed E-state index contributed by atoms with van der Waals surface area (Å²) in [6, 6.07) is 11.6. The van der Waals surface area contributed by atoms with Crippen LogP contribution >= 0.6 is 11.3 Å². The molecule has 0 aliphatic heterocycles. The molecule has 0 atom stereocenters. The number of nitrogens with zero attached hydrogens (tertiary/aromatic N) is 2. The van der Waals surface area contributed by atoms with Gasteiger partial charge in [-0.1, -0.05) is 12.1 Å². The van der Waals surface area contributed by atoms with Crippen molar-refractivity contribution in [2.75, 3.05) is 26.6 Å². The van der Waals surface area contributed by atoms with E-state index in [2.05, 4.69) is 10.3 Å². The first-order chi connectivity index (χ1) is 16.4. The van der Waals surface area contributed by atoms with Crippen LogP contribution in [-0.4, -0.2) is 36.6 Å². The minimum absolute atomic E-state index is 0.0692. The number of nitrogens with one attached hydrogen (secondary N) is 1. The molecular formula is C24H23N3O6S. The summed E-state index contributed by atoms with van der Waals surface area (Å²) in [4.78, 5) is 30.5. The van der Waals surface area contributed by atoms with Crippen molar-refractivity contribution >= 4 is 27.9 Å². The maximum absolute atomic E-state index is 13.0. The van der Waals surface area contributed by atoms with Crippen LogP contribution in [-0.2, 0) is 6.61 Å². The van der Waals surface area contributed by atoms with Gasteiger partial charge in [-0.3, -0.25) is 14.0 Å². The van der Waals surface area contributed by atoms with E-state index in [1.165, 1.54) is 38.7 Å². The van der Waals surface area contributed by atoms with E-state index in [0.717, 1.165) is 5.69 Å². The summed E-state index contributed by atoms with van der Waals surface area (Å²) in [5.41, 5.74) is 1.96. The average molecular weight is 482 g/mol. The quantitative estimate of drug-likeness (QED) is 0.407. The Bertz CT molecular complexity index is 1390. The van der Waals surface area contributed by atoms with Crippen molar-refractivity contribution in [3.63, 3.8) is 0 Å². The predicted molar refractivity (Wildman–Crippen MR) is 129 cm³/mol. The van der Waals surface area contributed by atoms with E-state index in [0.29, 0.717) is 44.9 Å². The van der Waals surface area contributed by atoms with Crippen LogP contribution in [0.1, 0.15) is 21.7 Å². The van der Waals surface area contributed by atoms with E-state index in [1.54, 1.807) is 40.8 Å². The Balaban J connectivity index is 1.55. The lowest BCUT2D eigenvalue weighted by atomic mass is 10.1. The zero-order chi connectivity index (χ0) is 24.2. The average Bonchev–Trinajstić information content (AvgIpc) is 3.23. The summed E-state index contributed by atoms with van der Waals surface area (Å²) < 4.78 is 23.4. The Morgan fingerprint density at radius 1 is 1.03 bits per heavy atom. The minimum atomic E-state index is -0.387. The molecule has 0 bridgehead atoms. The molecule has 2 aromatic heterocycles. The van der Waals surface area contributed by atoms with Crippen LogP contribution < -0.4 is 29.8 Å². The lowest BCUT2D eigenvalue weighted by Gasteiger charge is -2.15. The maximum atomic E-state index is 13.0. The zero-order valence-electron chi connectivity index (χ0n) is 19.1. The van der Waals surface area contributed by atoms with Gasteiger partial charge in [-0.05, 0) is 31.2 Å². The number of para-hydroxylation sites is 2. The molecule has 4 rings (SSSR count). The minimum Gasteiger partial charge on any atom is -0.493 e. The third kappa shape index (κ3) is 4.53. The number of fused-ring (bicyclic) bond motifs is 1. The number of aromatic nitrogens is 2. The summed E-state index contributed by atoms with van der Waals surface area (Å²) in [6.07, 6.45) is 0. The molecular weight excluding hydrogens is 458 g/mol. The highest BCUT2D eigenvalue weighted by Crippen LogP contribution is 2.38. The molecule has 34 heavy (non-hydrogen) atoms. The largest absolute Gasteiger partial charge is 0.493 e. The molecule has 0 saturated carbocycles. The van der Waals surface area contributed by atoms with E-state index in [9.17, 15) is 9.59 Å². The first-order valence-electron chi connectivity index (χ1n) is 10.2. The zero-order valence-corrected chi connectivity index (χ0v) is 19.9. The number of hydrogen-bond donors (Lipinski definition) is 1. The van der Waals surface area contributed by atoms with Crippen LogP contribution in [0.2, 0.25) is 0 Å². The number of benzene rings is 2. The van der Waals surface area contributed by atoms with Crippen LogP contribution in [0.3, 0.4) is 0 Å². The lowest BCUT2D eigenvalue weighted by Crippen LogP contribution is -2.16. The fraction of sp³-hybridized carbons (Fsp3) is 0.208. The second-order valence-corrected chi connectivity index (χ2v) is 8.07. The van der Waals surface area contributed by atoms with Gasteiger partial charge in [0.1, 0.15) is 12.4 Å². The summed E-state index contributed by atoms with van der Waals surface area (Å²) in [5.74, 6) is 1.18. The Morgan fingerprint density at radius 3 is 2.41 bits per heavy atom. The molecule has 0 aliphatic rings. The Kier molecular flexibility index (Phi) is 6.69. The highest BCUT2D eigenvalue weighted by Gasteiger charge is 2.18. The Morgan fingerprint density at radius 2 is 1.74 bits per heavy atom. The summed E-state index contributed by atoms with van der Waals surface area (Å²) in [5, 5.41) is 4.72. The number of thiazole rings is 1. The number of aryl methyl sites for hydroxylation is 1. The fourth-order valence-electron chi connectivity index (χ4n) is 3.43. The molecule has 1 amide bonds. The lowest BCUT2D eigenvalue weighted by molar-refractivity contribution is 0.102. The number of ether oxygens (including phenoxy) is 4. The number of methoxy groups -OCH3 is 3. The highest BCUT2D eigenvalue weighted by molar-refractivity contribution is 7.15. The molecule has 0 unspecified atom stereocenters.